The first-order chi connectivity index (χ1) is 15.4. The van der Waals surface area contributed by atoms with Gasteiger partial charge in [0.05, 0.1) is 12.1 Å². The van der Waals surface area contributed by atoms with Crippen LogP contribution in [0.25, 0.3) is 0 Å². The monoisotopic (exact) mass is 494 g/mol. The van der Waals surface area contributed by atoms with E-state index in [-0.39, 0.29) is 10.5 Å². The maximum atomic E-state index is 12.4. The van der Waals surface area contributed by atoms with Gasteiger partial charge in [-0.05, 0) is 62.7 Å². The molecule has 196 valence electrons. The summed E-state index contributed by atoms with van der Waals surface area (Å²) in [7, 11) is -1.75. The average Bonchev–Trinajstić information content (AvgIpc) is 2.65. The van der Waals surface area contributed by atoms with Crippen LogP contribution < -0.4 is 10.6 Å². The number of carbonyl (C=O) groups excluding carboxylic acids is 1. The highest BCUT2D eigenvalue weighted by atomic mass is 28.4. The van der Waals surface area contributed by atoms with Crippen LogP contribution in [0.2, 0.25) is 18.1 Å². The summed E-state index contributed by atoms with van der Waals surface area (Å²) in [6, 6.07) is 9.40. The van der Waals surface area contributed by atoms with Gasteiger partial charge in [0.2, 0.25) is 0 Å². The SMILES string of the molecule is CC(C)(CCO[Si](C)(C)C(C)(C)C)CNC[C@@H](O)[C@H](Cc1ccccc1)NC(=O)OC(C)(C)C. The van der Waals surface area contributed by atoms with Crippen molar-refractivity contribution in [2.24, 2.45) is 5.41 Å². The summed E-state index contributed by atoms with van der Waals surface area (Å²) in [5, 5.41) is 17.4. The number of amides is 1. The van der Waals surface area contributed by atoms with E-state index >= 15 is 0 Å². The summed E-state index contributed by atoms with van der Waals surface area (Å²) in [6.45, 7) is 23.1. The highest BCUT2D eigenvalue weighted by Crippen LogP contribution is 2.37. The van der Waals surface area contributed by atoms with Crippen molar-refractivity contribution in [3.8, 4) is 0 Å². The lowest BCUT2D eigenvalue weighted by Crippen LogP contribution is -2.50. The van der Waals surface area contributed by atoms with Crippen LogP contribution in [0.1, 0.15) is 67.4 Å². The molecule has 0 fully saturated rings. The number of aliphatic hydroxyl groups excluding tert-OH is 1. The third-order valence-corrected chi connectivity index (χ3v) is 11.0. The van der Waals surface area contributed by atoms with E-state index in [0.29, 0.717) is 13.0 Å². The molecule has 1 rings (SSSR count). The van der Waals surface area contributed by atoms with Gasteiger partial charge >= 0.3 is 6.09 Å². The second kappa shape index (κ2) is 12.5. The number of hydrogen-bond donors (Lipinski definition) is 3. The highest BCUT2D eigenvalue weighted by molar-refractivity contribution is 6.74. The molecule has 34 heavy (non-hydrogen) atoms. The van der Waals surface area contributed by atoms with Crippen LogP contribution in [0.3, 0.4) is 0 Å². The van der Waals surface area contributed by atoms with Crippen LogP contribution in [-0.4, -0.2) is 57.0 Å². The third kappa shape index (κ3) is 11.8. The summed E-state index contributed by atoms with van der Waals surface area (Å²) in [4.78, 5) is 12.4. The van der Waals surface area contributed by atoms with E-state index in [1.807, 2.05) is 51.1 Å². The summed E-state index contributed by atoms with van der Waals surface area (Å²) in [5.74, 6) is 0. The lowest BCUT2D eigenvalue weighted by molar-refractivity contribution is 0.0419. The number of carbonyl (C=O) groups is 1. The zero-order chi connectivity index (χ0) is 26.2. The molecule has 1 aromatic carbocycles. The van der Waals surface area contributed by atoms with Crippen molar-refractivity contribution in [3.63, 3.8) is 0 Å². The Morgan fingerprint density at radius 2 is 1.62 bits per heavy atom. The lowest BCUT2D eigenvalue weighted by Gasteiger charge is -2.37. The van der Waals surface area contributed by atoms with Gasteiger partial charge in [-0.2, -0.15) is 0 Å². The van der Waals surface area contributed by atoms with E-state index < -0.39 is 32.2 Å². The quantitative estimate of drug-likeness (QED) is 0.334. The van der Waals surface area contributed by atoms with E-state index in [9.17, 15) is 9.90 Å². The maximum Gasteiger partial charge on any atom is 0.407 e. The first-order valence-corrected chi connectivity index (χ1v) is 15.4. The van der Waals surface area contributed by atoms with Gasteiger partial charge in [-0.15, -0.1) is 0 Å². The van der Waals surface area contributed by atoms with Gasteiger partial charge in [-0.3, -0.25) is 0 Å². The van der Waals surface area contributed by atoms with Crippen LogP contribution in [-0.2, 0) is 15.6 Å². The van der Waals surface area contributed by atoms with E-state index in [2.05, 4.69) is 58.3 Å². The minimum absolute atomic E-state index is 0.0234. The van der Waals surface area contributed by atoms with Gasteiger partial charge in [0, 0.05) is 19.7 Å². The number of benzene rings is 1. The largest absolute Gasteiger partial charge is 0.444 e. The minimum atomic E-state index is -1.75. The number of ether oxygens (including phenoxy) is 1. The van der Waals surface area contributed by atoms with Gasteiger partial charge < -0.3 is 24.9 Å². The van der Waals surface area contributed by atoms with Crippen molar-refractivity contribution >= 4 is 14.4 Å². The summed E-state index contributed by atoms with van der Waals surface area (Å²) in [6.07, 6.45) is 0.182. The fourth-order valence-electron chi connectivity index (χ4n) is 3.20. The Morgan fingerprint density at radius 3 is 2.15 bits per heavy atom. The summed E-state index contributed by atoms with van der Waals surface area (Å²) in [5.41, 5.74) is 0.474. The number of aliphatic hydroxyl groups is 1. The zero-order valence-electron chi connectivity index (χ0n) is 23.2. The van der Waals surface area contributed by atoms with Crippen LogP contribution in [0.15, 0.2) is 30.3 Å². The fraction of sp³-hybridized carbons (Fsp3) is 0.741. The molecule has 1 aromatic rings. The predicted octanol–water partition coefficient (Wildman–Crippen LogP) is 5.51. The molecule has 2 atom stereocenters. The van der Waals surface area contributed by atoms with E-state index in [4.69, 9.17) is 9.16 Å². The normalized spacial score (nSPS) is 15.0. The molecular formula is C27H50N2O4Si. The Balaban J connectivity index is 2.64. The predicted molar refractivity (Wildman–Crippen MR) is 144 cm³/mol. The topological polar surface area (TPSA) is 79.8 Å². The number of nitrogens with one attached hydrogen (secondary N) is 2. The first-order valence-electron chi connectivity index (χ1n) is 12.5. The Hall–Kier alpha value is -1.41. The molecule has 3 N–H and O–H groups in total. The van der Waals surface area contributed by atoms with Gasteiger partial charge in [-0.25, -0.2) is 4.79 Å². The molecule has 0 bridgehead atoms. The van der Waals surface area contributed by atoms with Gasteiger partial charge in [-0.1, -0.05) is 65.0 Å². The molecule has 1 amide bonds. The molecule has 0 saturated heterocycles. The Bertz CT molecular complexity index is 739. The second-order valence-electron chi connectivity index (χ2n) is 12.7. The Labute approximate surface area is 209 Å². The molecule has 0 saturated carbocycles. The molecule has 0 aliphatic carbocycles. The number of alkyl carbamates (subject to hydrolysis) is 1. The fourth-order valence-corrected chi connectivity index (χ4v) is 4.24. The van der Waals surface area contributed by atoms with Gasteiger partial charge in [0.15, 0.2) is 8.32 Å². The second-order valence-corrected chi connectivity index (χ2v) is 17.5. The van der Waals surface area contributed by atoms with Crippen LogP contribution >= 0.6 is 0 Å². The third-order valence-electron chi connectivity index (χ3n) is 6.47. The van der Waals surface area contributed by atoms with Crippen LogP contribution in [0.4, 0.5) is 4.79 Å². The van der Waals surface area contributed by atoms with Gasteiger partial charge in [0.1, 0.15) is 5.60 Å². The molecule has 0 aromatic heterocycles. The van der Waals surface area contributed by atoms with E-state index in [0.717, 1.165) is 25.1 Å². The highest BCUT2D eigenvalue weighted by Gasteiger charge is 2.37. The van der Waals surface area contributed by atoms with Crippen molar-refractivity contribution in [2.45, 2.75) is 104 Å². The molecule has 6 nitrogen and oxygen atoms in total. The molecule has 0 aliphatic rings. The maximum absolute atomic E-state index is 12.4. The molecule has 0 aliphatic heterocycles. The van der Waals surface area contributed by atoms with E-state index in [1.54, 1.807) is 0 Å². The lowest BCUT2D eigenvalue weighted by atomic mass is 9.89. The van der Waals surface area contributed by atoms with Gasteiger partial charge in [0.25, 0.3) is 0 Å². The Morgan fingerprint density at radius 1 is 1.03 bits per heavy atom. The van der Waals surface area contributed by atoms with Crippen LogP contribution in [0.5, 0.6) is 0 Å². The van der Waals surface area contributed by atoms with Crippen molar-refractivity contribution in [1.29, 1.82) is 0 Å². The average molecular weight is 495 g/mol. The summed E-state index contributed by atoms with van der Waals surface area (Å²) < 4.78 is 11.8. The number of hydrogen-bond acceptors (Lipinski definition) is 5. The molecule has 0 spiro atoms. The number of rotatable bonds is 12. The van der Waals surface area contributed by atoms with Crippen molar-refractivity contribution in [3.05, 3.63) is 35.9 Å². The molecule has 7 heteroatoms. The molecule has 0 unspecified atom stereocenters. The molecule has 0 heterocycles. The minimum Gasteiger partial charge on any atom is -0.444 e. The molecular weight excluding hydrogens is 444 g/mol. The zero-order valence-corrected chi connectivity index (χ0v) is 24.2. The first kappa shape index (κ1) is 30.6. The molecule has 0 radical (unpaired) electrons. The van der Waals surface area contributed by atoms with E-state index in [1.165, 1.54) is 0 Å². The van der Waals surface area contributed by atoms with Crippen molar-refractivity contribution in [2.75, 3.05) is 19.7 Å². The standard InChI is InChI=1S/C27H50N2O4Si/c1-25(2,3)33-24(31)29-22(18-21-14-12-11-13-15-21)23(30)19-28-20-27(7,8)16-17-32-34(9,10)26(4,5)6/h11-15,22-23,28,30H,16-20H2,1-10H3,(H,29,31)/t22-,23+/m0/s1. The van der Waals surface area contributed by atoms with Crippen molar-refractivity contribution < 1.29 is 19.1 Å². The summed E-state index contributed by atoms with van der Waals surface area (Å²) >= 11 is 0. The Kier molecular flexibility index (Phi) is 11.3. The smallest absolute Gasteiger partial charge is 0.407 e. The van der Waals surface area contributed by atoms with Crippen LogP contribution in [0, 0.1) is 5.41 Å². The van der Waals surface area contributed by atoms with Crippen molar-refractivity contribution in [1.82, 2.24) is 10.6 Å².